The number of thiazole rings is 1. The highest BCUT2D eigenvalue weighted by molar-refractivity contribution is 7.11. The molecule has 19 heavy (non-hydrogen) atoms. The molecule has 1 heterocycles. The minimum Gasteiger partial charge on any atom is -0.333 e. The van der Waals surface area contributed by atoms with Crippen molar-refractivity contribution in [1.29, 1.82) is 0 Å². The first-order chi connectivity index (χ1) is 9.04. The largest absolute Gasteiger partial charge is 0.333 e. The van der Waals surface area contributed by atoms with Crippen molar-refractivity contribution < 1.29 is 4.79 Å². The van der Waals surface area contributed by atoms with Gasteiger partial charge < -0.3 is 10.6 Å². The van der Waals surface area contributed by atoms with Crippen LogP contribution in [0.5, 0.6) is 0 Å². The predicted octanol–water partition coefficient (Wildman–Crippen LogP) is 3.39. The van der Waals surface area contributed by atoms with Crippen LogP contribution in [0.1, 0.15) is 21.1 Å². The number of amides is 2. The molecule has 0 aliphatic heterocycles. The highest BCUT2D eigenvalue weighted by Gasteiger charge is 2.06. The number of urea groups is 1. The van der Waals surface area contributed by atoms with Crippen molar-refractivity contribution in [2.75, 3.05) is 5.32 Å². The number of carbonyl (C=O) groups is 1. The van der Waals surface area contributed by atoms with E-state index in [0.29, 0.717) is 6.54 Å². The average Bonchev–Trinajstić information content (AvgIpc) is 2.68. The number of aryl methyl sites for hydroxylation is 3. The summed E-state index contributed by atoms with van der Waals surface area (Å²) in [6.45, 7) is 6.44. The fourth-order valence-electron chi connectivity index (χ4n) is 1.71. The summed E-state index contributed by atoms with van der Waals surface area (Å²) in [4.78, 5) is 17.2. The van der Waals surface area contributed by atoms with Gasteiger partial charge in [0.05, 0.1) is 17.2 Å². The molecule has 0 saturated carbocycles. The summed E-state index contributed by atoms with van der Waals surface area (Å²) < 4.78 is 0. The molecule has 2 aromatic rings. The number of nitrogens with zero attached hydrogens (tertiary/aromatic N) is 1. The van der Waals surface area contributed by atoms with E-state index in [4.69, 9.17) is 0 Å². The van der Waals surface area contributed by atoms with Gasteiger partial charge in [0.15, 0.2) is 0 Å². The van der Waals surface area contributed by atoms with Crippen LogP contribution >= 0.6 is 11.3 Å². The zero-order valence-corrected chi connectivity index (χ0v) is 12.1. The zero-order chi connectivity index (χ0) is 13.8. The van der Waals surface area contributed by atoms with E-state index in [1.165, 1.54) is 5.56 Å². The third-order valence-electron chi connectivity index (χ3n) is 2.72. The van der Waals surface area contributed by atoms with Gasteiger partial charge in [-0.1, -0.05) is 17.7 Å². The molecule has 0 aliphatic rings. The molecule has 0 aliphatic carbocycles. The molecule has 0 unspecified atom stereocenters. The first-order valence-electron chi connectivity index (χ1n) is 6.09. The van der Waals surface area contributed by atoms with Crippen LogP contribution in [0.4, 0.5) is 10.5 Å². The normalized spacial score (nSPS) is 10.3. The number of benzene rings is 1. The van der Waals surface area contributed by atoms with Gasteiger partial charge in [-0.25, -0.2) is 9.78 Å². The van der Waals surface area contributed by atoms with Crippen LogP contribution in [-0.2, 0) is 6.54 Å². The Morgan fingerprint density at radius 3 is 2.47 bits per heavy atom. The van der Waals surface area contributed by atoms with Gasteiger partial charge in [-0.05, 0) is 32.9 Å². The van der Waals surface area contributed by atoms with Crippen molar-refractivity contribution in [1.82, 2.24) is 10.3 Å². The van der Waals surface area contributed by atoms with Gasteiger partial charge in [-0.3, -0.25) is 0 Å². The van der Waals surface area contributed by atoms with Gasteiger partial charge in [0.25, 0.3) is 0 Å². The number of hydrogen-bond donors (Lipinski definition) is 2. The monoisotopic (exact) mass is 275 g/mol. The highest BCUT2D eigenvalue weighted by Crippen LogP contribution is 2.16. The van der Waals surface area contributed by atoms with Crippen molar-refractivity contribution in [3.05, 3.63) is 45.4 Å². The van der Waals surface area contributed by atoms with E-state index in [1.807, 2.05) is 45.0 Å². The molecule has 0 atom stereocenters. The molecular weight excluding hydrogens is 258 g/mol. The van der Waals surface area contributed by atoms with Crippen molar-refractivity contribution in [2.45, 2.75) is 27.3 Å². The molecule has 1 aromatic carbocycles. The number of aromatic nitrogens is 1. The number of nitrogens with one attached hydrogen (secondary N) is 2. The van der Waals surface area contributed by atoms with Crippen LogP contribution in [0.15, 0.2) is 24.3 Å². The van der Waals surface area contributed by atoms with Crippen molar-refractivity contribution in [3.8, 4) is 0 Å². The Labute approximate surface area is 116 Å². The molecule has 100 valence electrons. The van der Waals surface area contributed by atoms with E-state index in [9.17, 15) is 4.79 Å². The predicted molar refractivity (Wildman–Crippen MR) is 78.6 cm³/mol. The van der Waals surface area contributed by atoms with Crippen LogP contribution in [0.2, 0.25) is 0 Å². The Bertz CT molecular complexity index is 575. The molecule has 0 saturated heterocycles. The number of hydrogen-bond acceptors (Lipinski definition) is 3. The van der Waals surface area contributed by atoms with Crippen LogP contribution < -0.4 is 10.6 Å². The summed E-state index contributed by atoms with van der Waals surface area (Å²) in [6, 6.07) is 7.50. The number of carbonyl (C=O) groups excluding carboxylic acids is 1. The third kappa shape index (κ3) is 3.79. The summed E-state index contributed by atoms with van der Waals surface area (Å²) in [7, 11) is 0. The summed E-state index contributed by atoms with van der Waals surface area (Å²) in [5, 5.41) is 6.66. The third-order valence-corrected chi connectivity index (χ3v) is 3.79. The number of anilines is 1. The topological polar surface area (TPSA) is 54.0 Å². The minimum absolute atomic E-state index is 0.200. The molecule has 0 spiro atoms. The lowest BCUT2D eigenvalue weighted by atomic mass is 10.2. The first kappa shape index (κ1) is 13.5. The van der Waals surface area contributed by atoms with Gasteiger partial charge >= 0.3 is 6.03 Å². The molecule has 4 nitrogen and oxygen atoms in total. The Balaban J connectivity index is 1.88. The molecular formula is C14H17N3OS. The molecule has 0 radical (unpaired) electrons. The highest BCUT2D eigenvalue weighted by atomic mass is 32.1. The molecule has 0 fully saturated rings. The van der Waals surface area contributed by atoms with E-state index in [-0.39, 0.29) is 6.03 Å². The molecule has 2 rings (SSSR count). The van der Waals surface area contributed by atoms with Gasteiger partial charge in [0, 0.05) is 10.6 Å². The second-order valence-electron chi connectivity index (χ2n) is 4.42. The van der Waals surface area contributed by atoms with Crippen LogP contribution in [0.25, 0.3) is 0 Å². The molecule has 1 aromatic heterocycles. The lowest BCUT2D eigenvalue weighted by Crippen LogP contribution is -2.28. The van der Waals surface area contributed by atoms with Crippen molar-refractivity contribution >= 4 is 23.1 Å². The Hall–Kier alpha value is -1.88. The molecule has 2 amide bonds. The van der Waals surface area contributed by atoms with E-state index in [0.717, 1.165) is 21.3 Å². The Morgan fingerprint density at radius 1 is 1.21 bits per heavy atom. The van der Waals surface area contributed by atoms with E-state index < -0.39 is 0 Å². The molecule has 2 N–H and O–H groups in total. The van der Waals surface area contributed by atoms with E-state index >= 15 is 0 Å². The second-order valence-corrected chi connectivity index (χ2v) is 5.70. The maximum absolute atomic E-state index is 11.8. The van der Waals surface area contributed by atoms with Gasteiger partial charge in [0.2, 0.25) is 0 Å². The maximum Gasteiger partial charge on any atom is 0.319 e. The zero-order valence-electron chi connectivity index (χ0n) is 11.3. The minimum atomic E-state index is -0.200. The summed E-state index contributed by atoms with van der Waals surface area (Å²) in [5.74, 6) is 0. The van der Waals surface area contributed by atoms with E-state index in [2.05, 4.69) is 15.6 Å². The quantitative estimate of drug-likeness (QED) is 0.902. The lowest BCUT2D eigenvalue weighted by Gasteiger charge is -2.07. The lowest BCUT2D eigenvalue weighted by molar-refractivity contribution is 0.252. The standard InChI is InChI=1S/C14H17N3OS/c1-9-4-6-12(7-5-9)17-14(18)15-8-13-10(2)16-11(3)19-13/h4-7H,8H2,1-3H3,(H2,15,17,18). The second kappa shape index (κ2) is 5.84. The fourth-order valence-corrected chi connectivity index (χ4v) is 2.59. The molecule has 0 bridgehead atoms. The van der Waals surface area contributed by atoms with Crippen LogP contribution in [0.3, 0.4) is 0 Å². The maximum atomic E-state index is 11.8. The smallest absolute Gasteiger partial charge is 0.319 e. The average molecular weight is 275 g/mol. The molecule has 5 heteroatoms. The Kier molecular flexibility index (Phi) is 4.16. The summed E-state index contributed by atoms with van der Waals surface area (Å²) in [5.41, 5.74) is 2.94. The van der Waals surface area contributed by atoms with Gasteiger partial charge in [0.1, 0.15) is 0 Å². The van der Waals surface area contributed by atoms with Crippen molar-refractivity contribution in [2.24, 2.45) is 0 Å². The van der Waals surface area contributed by atoms with E-state index in [1.54, 1.807) is 11.3 Å². The van der Waals surface area contributed by atoms with Crippen LogP contribution in [0, 0.1) is 20.8 Å². The van der Waals surface area contributed by atoms with Crippen molar-refractivity contribution in [3.63, 3.8) is 0 Å². The number of rotatable bonds is 3. The van der Waals surface area contributed by atoms with Gasteiger partial charge in [-0.15, -0.1) is 11.3 Å². The van der Waals surface area contributed by atoms with Crippen LogP contribution in [-0.4, -0.2) is 11.0 Å². The summed E-state index contributed by atoms with van der Waals surface area (Å²) >= 11 is 1.61. The Morgan fingerprint density at radius 2 is 1.89 bits per heavy atom. The SMILES string of the molecule is Cc1ccc(NC(=O)NCc2sc(C)nc2C)cc1. The first-order valence-corrected chi connectivity index (χ1v) is 6.90. The summed E-state index contributed by atoms with van der Waals surface area (Å²) in [6.07, 6.45) is 0. The van der Waals surface area contributed by atoms with Gasteiger partial charge in [-0.2, -0.15) is 0 Å². The fraction of sp³-hybridized carbons (Fsp3) is 0.286.